The van der Waals surface area contributed by atoms with Gasteiger partial charge in [-0.2, -0.15) is 4.68 Å². The van der Waals surface area contributed by atoms with Gasteiger partial charge in [0.15, 0.2) is 16.6 Å². The summed E-state index contributed by atoms with van der Waals surface area (Å²) in [6, 6.07) is 15.7. The highest BCUT2D eigenvalue weighted by molar-refractivity contribution is 7.19. The molecule has 0 aliphatic rings. The second kappa shape index (κ2) is 11.2. The molecule has 1 N–H and O–H groups in total. The van der Waals surface area contributed by atoms with Crippen molar-refractivity contribution >= 4 is 39.9 Å². The molecule has 0 fully saturated rings. The van der Waals surface area contributed by atoms with Crippen LogP contribution in [0.25, 0.3) is 22.5 Å². The second-order valence-electron chi connectivity index (χ2n) is 7.52. The minimum absolute atomic E-state index is 0.118. The van der Waals surface area contributed by atoms with Gasteiger partial charge < -0.3 is 10.1 Å². The Bertz CT molecular complexity index is 1340. The SMILES string of the molecule is CCCC(=O)n1nnnc1-c1ccccc1-c1ccc(CNc2nc(C(=O)OCC)c(Cl)s2)cc1. The van der Waals surface area contributed by atoms with Crippen LogP contribution in [0.2, 0.25) is 4.34 Å². The summed E-state index contributed by atoms with van der Waals surface area (Å²) in [6.07, 6.45) is 1.08. The number of hydrogen-bond donors (Lipinski definition) is 1. The normalized spacial score (nSPS) is 10.8. The van der Waals surface area contributed by atoms with Crippen LogP contribution in [0.1, 0.15) is 47.5 Å². The van der Waals surface area contributed by atoms with Crippen molar-refractivity contribution in [3.05, 3.63) is 64.1 Å². The molecule has 4 aromatic rings. The Hall–Kier alpha value is -3.63. The quantitative estimate of drug-likeness (QED) is 0.237. The third-order valence-corrected chi connectivity index (χ3v) is 6.31. The monoisotopic (exact) mass is 510 g/mol. The lowest BCUT2D eigenvalue weighted by atomic mass is 9.98. The van der Waals surface area contributed by atoms with E-state index in [2.05, 4.69) is 25.8 Å². The first-order chi connectivity index (χ1) is 17.0. The minimum Gasteiger partial charge on any atom is -0.461 e. The molecule has 0 radical (unpaired) electrons. The van der Waals surface area contributed by atoms with Gasteiger partial charge in [0.05, 0.1) is 6.61 Å². The van der Waals surface area contributed by atoms with E-state index in [9.17, 15) is 9.59 Å². The Balaban J connectivity index is 1.51. The van der Waals surface area contributed by atoms with E-state index in [1.165, 1.54) is 16.0 Å². The predicted molar refractivity (Wildman–Crippen MR) is 135 cm³/mol. The van der Waals surface area contributed by atoms with Crippen LogP contribution in [-0.2, 0) is 11.3 Å². The van der Waals surface area contributed by atoms with E-state index >= 15 is 0 Å². The average molecular weight is 511 g/mol. The number of hydrogen-bond acceptors (Lipinski definition) is 9. The van der Waals surface area contributed by atoms with Gasteiger partial charge in [-0.15, -0.1) is 5.10 Å². The topological polar surface area (TPSA) is 112 Å². The largest absolute Gasteiger partial charge is 0.461 e. The molecule has 0 aliphatic carbocycles. The van der Waals surface area contributed by atoms with Crippen LogP contribution in [0.5, 0.6) is 0 Å². The number of esters is 1. The maximum atomic E-state index is 12.4. The van der Waals surface area contributed by atoms with Gasteiger partial charge >= 0.3 is 5.97 Å². The zero-order valence-electron chi connectivity index (χ0n) is 19.2. The van der Waals surface area contributed by atoms with Gasteiger partial charge in [-0.3, -0.25) is 4.79 Å². The van der Waals surface area contributed by atoms with E-state index in [1.807, 2.05) is 55.5 Å². The molecule has 0 atom stereocenters. The number of aromatic nitrogens is 5. The number of halogens is 1. The molecule has 4 rings (SSSR count). The van der Waals surface area contributed by atoms with E-state index in [0.717, 1.165) is 22.3 Å². The molecule has 0 bridgehead atoms. The van der Waals surface area contributed by atoms with E-state index in [-0.39, 0.29) is 22.5 Å². The van der Waals surface area contributed by atoms with Gasteiger partial charge in [0, 0.05) is 18.5 Å². The zero-order valence-corrected chi connectivity index (χ0v) is 20.8. The Labute approximate surface area is 211 Å². The van der Waals surface area contributed by atoms with Crippen molar-refractivity contribution in [2.75, 3.05) is 11.9 Å². The second-order valence-corrected chi connectivity index (χ2v) is 9.12. The molecule has 0 saturated carbocycles. The predicted octanol–water partition coefficient (Wildman–Crippen LogP) is 5.35. The average Bonchev–Trinajstić information content (AvgIpc) is 3.50. The van der Waals surface area contributed by atoms with Gasteiger partial charge in [0.1, 0.15) is 4.34 Å². The lowest BCUT2D eigenvalue weighted by Gasteiger charge is -2.10. The van der Waals surface area contributed by atoms with Crippen LogP contribution in [0, 0.1) is 0 Å². The first kappa shape index (κ1) is 24.5. The number of carbonyl (C=O) groups is 2. The molecular weight excluding hydrogens is 488 g/mol. The maximum absolute atomic E-state index is 12.4. The lowest BCUT2D eigenvalue weighted by molar-refractivity contribution is 0.0520. The fraction of sp³-hybridized carbons (Fsp3) is 0.250. The first-order valence-corrected chi connectivity index (χ1v) is 12.3. The van der Waals surface area contributed by atoms with Crippen molar-refractivity contribution in [1.82, 2.24) is 25.2 Å². The number of tetrazole rings is 1. The molecular formula is C24H23ClN6O3S. The minimum atomic E-state index is -0.535. The van der Waals surface area contributed by atoms with Crippen molar-refractivity contribution in [2.24, 2.45) is 0 Å². The van der Waals surface area contributed by atoms with Crippen molar-refractivity contribution < 1.29 is 14.3 Å². The summed E-state index contributed by atoms with van der Waals surface area (Å²) in [4.78, 5) is 28.6. The van der Waals surface area contributed by atoms with Gasteiger partial charge in [-0.25, -0.2) is 9.78 Å². The molecule has 0 aliphatic heterocycles. The lowest BCUT2D eigenvalue weighted by Crippen LogP contribution is -2.13. The van der Waals surface area contributed by atoms with E-state index in [1.54, 1.807) is 6.92 Å². The molecule has 0 spiro atoms. The summed E-state index contributed by atoms with van der Waals surface area (Å²) in [5.41, 5.74) is 3.78. The third kappa shape index (κ3) is 5.55. The molecule has 9 nitrogen and oxygen atoms in total. The van der Waals surface area contributed by atoms with Gasteiger partial charge in [0.2, 0.25) is 5.91 Å². The molecule has 2 aromatic carbocycles. The summed E-state index contributed by atoms with van der Waals surface area (Å²) < 4.78 is 6.53. The van der Waals surface area contributed by atoms with Crippen molar-refractivity contribution in [3.63, 3.8) is 0 Å². The molecule has 0 saturated heterocycles. The van der Waals surface area contributed by atoms with Gasteiger partial charge in [-0.1, -0.05) is 78.4 Å². The van der Waals surface area contributed by atoms with E-state index < -0.39 is 5.97 Å². The van der Waals surface area contributed by atoms with Crippen LogP contribution in [-0.4, -0.2) is 43.7 Å². The molecule has 2 heterocycles. The summed E-state index contributed by atoms with van der Waals surface area (Å²) in [6.45, 7) is 4.43. The highest BCUT2D eigenvalue weighted by Crippen LogP contribution is 2.32. The third-order valence-electron chi connectivity index (χ3n) is 5.10. The highest BCUT2D eigenvalue weighted by Gasteiger charge is 2.19. The summed E-state index contributed by atoms with van der Waals surface area (Å²) in [7, 11) is 0. The summed E-state index contributed by atoms with van der Waals surface area (Å²) in [5.74, 6) is -0.257. The number of carbonyl (C=O) groups excluding carboxylic acids is 2. The highest BCUT2D eigenvalue weighted by atomic mass is 35.5. The standard InChI is InChI=1S/C24H23ClN6O3S/c1-3-7-19(32)31-22(28-29-30-31)18-9-6-5-8-17(18)16-12-10-15(11-13-16)14-26-24-27-20(21(25)35-24)23(33)34-4-2/h5-6,8-13H,3-4,7,14H2,1-2H3,(H,26,27). The number of nitrogens with zero attached hydrogens (tertiary/aromatic N) is 5. The van der Waals surface area contributed by atoms with Crippen LogP contribution < -0.4 is 5.32 Å². The summed E-state index contributed by atoms with van der Waals surface area (Å²) >= 11 is 7.32. The van der Waals surface area contributed by atoms with Gasteiger partial charge in [0.25, 0.3) is 0 Å². The molecule has 0 amide bonds. The Kier molecular flexibility index (Phi) is 7.84. The van der Waals surface area contributed by atoms with Crippen LogP contribution in [0.3, 0.4) is 0 Å². The zero-order chi connectivity index (χ0) is 24.8. The maximum Gasteiger partial charge on any atom is 0.359 e. The smallest absolute Gasteiger partial charge is 0.359 e. The number of anilines is 1. The fourth-order valence-electron chi connectivity index (χ4n) is 3.45. The van der Waals surface area contributed by atoms with Gasteiger partial charge in [-0.05, 0) is 40.5 Å². The van der Waals surface area contributed by atoms with Crippen LogP contribution in [0.15, 0.2) is 48.5 Å². The van der Waals surface area contributed by atoms with Crippen LogP contribution >= 0.6 is 22.9 Å². The van der Waals surface area contributed by atoms with E-state index in [0.29, 0.717) is 30.3 Å². The molecule has 35 heavy (non-hydrogen) atoms. The Morgan fingerprint density at radius 1 is 1.09 bits per heavy atom. The number of nitrogens with one attached hydrogen (secondary N) is 1. The Morgan fingerprint density at radius 2 is 1.83 bits per heavy atom. The molecule has 180 valence electrons. The van der Waals surface area contributed by atoms with Crippen molar-refractivity contribution in [1.29, 1.82) is 0 Å². The van der Waals surface area contributed by atoms with E-state index in [4.69, 9.17) is 16.3 Å². The molecule has 0 unspecified atom stereocenters. The number of thiazole rings is 1. The van der Waals surface area contributed by atoms with Crippen molar-refractivity contribution in [2.45, 2.75) is 33.2 Å². The number of rotatable bonds is 9. The number of ether oxygens (including phenoxy) is 1. The number of benzene rings is 2. The first-order valence-electron chi connectivity index (χ1n) is 11.1. The van der Waals surface area contributed by atoms with Crippen molar-refractivity contribution in [3.8, 4) is 22.5 Å². The fourth-order valence-corrected chi connectivity index (χ4v) is 4.47. The van der Waals surface area contributed by atoms with Crippen LogP contribution in [0.4, 0.5) is 5.13 Å². The molecule has 2 aromatic heterocycles. The summed E-state index contributed by atoms with van der Waals surface area (Å²) in [5, 5.41) is 15.5. The molecule has 11 heteroatoms. The Morgan fingerprint density at radius 3 is 2.54 bits per heavy atom.